The summed E-state index contributed by atoms with van der Waals surface area (Å²) in [6.07, 6.45) is 4.40. The van der Waals surface area contributed by atoms with Crippen molar-refractivity contribution in [3.63, 3.8) is 0 Å². The number of aromatic amines is 1. The predicted molar refractivity (Wildman–Crippen MR) is 100 cm³/mol. The predicted octanol–water partition coefficient (Wildman–Crippen LogP) is 1.96. The molecule has 1 fully saturated rings. The van der Waals surface area contributed by atoms with E-state index in [0.717, 1.165) is 29.5 Å². The summed E-state index contributed by atoms with van der Waals surface area (Å²) in [6, 6.07) is 0. The van der Waals surface area contributed by atoms with Crippen LogP contribution in [0.3, 0.4) is 0 Å². The molecule has 0 radical (unpaired) electrons. The Hall–Kier alpha value is -1.38. The number of carbonyl (C=O) groups is 1. The molecular formula is C17H21N3O3S2. The Kier molecular flexibility index (Phi) is 5.10. The van der Waals surface area contributed by atoms with Crippen molar-refractivity contribution in [2.24, 2.45) is 0 Å². The Morgan fingerprint density at radius 1 is 1.28 bits per heavy atom. The van der Waals surface area contributed by atoms with Crippen LogP contribution in [0.4, 0.5) is 0 Å². The summed E-state index contributed by atoms with van der Waals surface area (Å²) < 4.78 is 5.26. The van der Waals surface area contributed by atoms with E-state index in [-0.39, 0.29) is 11.5 Å². The Morgan fingerprint density at radius 2 is 2.08 bits per heavy atom. The second kappa shape index (κ2) is 7.47. The molecule has 0 unspecified atom stereocenters. The number of nitrogens with zero attached hydrogens (tertiary/aromatic N) is 2. The molecule has 134 valence electrons. The molecule has 3 heterocycles. The molecule has 8 heteroatoms. The maximum atomic E-state index is 12.5. The summed E-state index contributed by atoms with van der Waals surface area (Å²) in [5, 5.41) is 0.790. The lowest BCUT2D eigenvalue weighted by Crippen LogP contribution is -2.41. The number of morpholine rings is 1. The van der Waals surface area contributed by atoms with Crippen LogP contribution >= 0.6 is 23.1 Å². The van der Waals surface area contributed by atoms with Gasteiger partial charge in [0.05, 0.1) is 30.1 Å². The topological polar surface area (TPSA) is 75.3 Å². The van der Waals surface area contributed by atoms with Gasteiger partial charge in [0.25, 0.3) is 5.56 Å². The van der Waals surface area contributed by atoms with E-state index < -0.39 is 0 Å². The lowest BCUT2D eigenvalue weighted by Gasteiger charge is -2.26. The monoisotopic (exact) mass is 379 g/mol. The standard InChI is InChI=1S/C17H21N3O3S2/c21-14(20-5-7-23-8-6-20)10-24-9-13-18-16(22)15-11-3-1-2-4-12(11)25-17(15)19-13/h1-10H2,(H,18,19,22). The van der Waals surface area contributed by atoms with Crippen molar-refractivity contribution in [1.82, 2.24) is 14.9 Å². The summed E-state index contributed by atoms with van der Waals surface area (Å²) in [7, 11) is 0. The second-order valence-corrected chi connectivity index (χ2v) is 8.46. The molecule has 1 aliphatic heterocycles. The smallest absolute Gasteiger partial charge is 0.259 e. The largest absolute Gasteiger partial charge is 0.378 e. The van der Waals surface area contributed by atoms with E-state index >= 15 is 0 Å². The van der Waals surface area contributed by atoms with Crippen molar-refractivity contribution < 1.29 is 9.53 Å². The third kappa shape index (κ3) is 3.61. The first kappa shape index (κ1) is 17.1. The highest BCUT2D eigenvalue weighted by atomic mass is 32.2. The summed E-state index contributed by atoms with van der Waals surface area (Å²) >= 11 is 3.16. The number of rotatable bonds is 4. The van der Waals surface area contributed by atoms with Crippen LogP contribution in [0.5, 0.6) is 0 Å². The molecule has 0 atom stereocenters. The van der Waals surface area contributed by atoms with Crippen LogP contribution in [-0.4, -0.2) is 52.8 Å². The first-order valence-electron chi connectivity index (χ1n) is 8.69. The summed E-state index contributed by atoms with van der Waals surface area (Å²) in [5.74, 6) is 1.74. The number of thioether (sulfide) groups is 1. The molecule has 2 aromatic heterocycles. The van der Waals surface area contributed by atoms with Gasteiger partial charge in [-0.25, -0.2) is 4.98 Å². The van der Waals surface area contributed by atoms with Gasteiger partial charge in [-0.3, -0.25) is 9.59 Å². The zero-order valence-corrected chi connectivity index (χ0v) is 15.6. The van der Waals surface area contributed by atoms with Gasteiger partial charge in [0.15, 0.2) is 0 Å². The van der Waals surface area contributed by atoms with Crippen LogP contribution in [0.15, 0.2) is 4.79 Å². The fraction of sp³-hybridized carbons (Fsp3) is 0.588. The summed E-state index contributed by atoms with van der Waals surface area (Å²) in [4.78, 5) is 36.2. The molecule has 1 amide bonds. The van der Waals surface area contributed by atoms with Gasteiger partial charge < -0.3 is 14.6 Å². The van der Waals surface area contributed by atoms with Crippen molar-refractivity contribution in [2.75, 3.05) is 32.1 Å². The average Bonchev–Trinajstić information content (AvgIpc) is 3.01. The number of ether oxygens (including phenoxy) is 1. The van der Waals surface area contributed by atoms with E-state index in [0.29, 0.717) is 43.6 Å². The Balaban J connectivity index is 1.43. The molecule has 0 spiro atoms. The normalized spacial score (nSPS) is 17.7. The third-order valence-corrected chi connectivity index (χ3v) is 6.82. The second-order valence-electron chi connectivity index (χ2n) is 6.39. The van der Waals surface area contributed by atoms with Crippen molar-refractivity contribution in [2.45, 2.75) is 31.4 Å². The number of nitrogens with one attached hydrogen (secondary N) is 1. The molecule has 4 rings (SSSR count). The number of fused-ring (bicyclic) bond motifs is 3. The third-order valence-electron chi connectivity index (χ3n) is 4.70. The average molecular weight is 380 g/mol. The highest BCUT2D eigenvalue weighted by Gasteiger charge is 2.20. The molecule has 0 aromatic carbocycles. The number of carbonyl (C=O) groups excluding carboxylic acids is 1. The summed E-state index contributed by atoms with van der Waals surface area (Å²) in [6.45, 7) is 2.57. The molecule has 1 aliphatic carbocycles. The Labute approximate surface area is 154 Å². The number of hydrogen-bond acceptors (Lipinski definition) is 6. The van der Waals surface area contributed by atoms with E-state index in [9.17, 15) is 9.59 Å². The van der Waals surface area contributed by atoms with Crippen LogP contribution in [0.2, 0.25) is 0 Å². The van der Waals surface area contributed by atoms with Gasteiger partial charge in [0, 0.05) is 18.0 Å². The van der Waals surface area contributed by atoms with Crippen molar-refractivity contribution in [3.8, 4) is 0 Å². The van der Waals surface area contributed by atoms with Crippen LogP contribution in [0, 0.1) is 0 Å². The molecule has 2 aliphatic rings. The van der Waals surface area contributed by atoms with Crippen molar-refractivity contribution in [3.05, 3.63) is 26.6 Å². The first-order valence-corrected chi connectivity index (χ1v) is 10.7. The zero-order chi connectivity index (χ0) is 17.2. The van der Waals surface area contributed by atoms with Gasteiger partial charge in [-0.2, -0.15) is 0 Å². The van der Waals surface area contributed by atoms with E-state index in [2.05, 4.69) is 9.97 Å². The first-order chi connectivity index (χ1) is 12.2. The quantitative estimate of drug-likeness (QED) is 0.879. The van der Waals surface area contributed by atoms with E-state index in [1.54, 1.807) is 11.3 Å². The molecule has 0 bridgehead atoms. The van der Waals surface area contributed by atoms with E-state index in [4.69, 9.17) is 4.74 Å². The van der Waals surface area contributed by atoms with Crippen molar-refractivity contribution in [1.29, 1.82) is 0 Å². The maximum absolute atomic E-state index is 12.5. The van der Waals surface area contributed by atoms with Crippen molar-refractivity contribution >= 4 is 39.2 Å². The molecule has 1 N–H and O–H groups in total. The minimum atomic E-state index is -0.0282. The van der Waals surface area contributed by atoms with Gasteiger partial charge in [-0.05, 0) is 31.2 Å². The van der Waals surface area contributed by atoms with Gasteiger partial charge in [-0.1, -0.05) is 0 Å². The van der Waals surface area contributed by atoms with Crippen LogP contribution in [0.25, 0.3) is 10.2 Å². The SMILES string of the molecule is O=C(CSCc1nc2sc3c(c2c(=O)[nH]1)CCCC3)N1CCOCC1. The number of amides is 1. The summed E-state index contributed by atoms with van der Waals surface area (Å²) in [5.41, 5.74) is 1.18. The van der Waals surface area contributed by atoms with Gasteiger partial charge >= 0.3 is 0 Å². The number of thiophene rings is 1. The number of aryl methyl sites for hydroxylation is 2. The van der Waals surface area contributed by atoms with Gasteiger partial charge in [-0.15, -0.1) is 23.1 Å². The number of hydrogen-bond donors (Lipinski definition) is 1. The lowest BCUT2D eigenvalue weighted by atomic mass is 9.97. The van der Waals surface area contributed by atoms with Crippen LogP contribution < -0.4 is 5.56 Å². The fourth-order valence-corrected chi connectivity index (χ4v) is 5.49. The molecule has 2 aromatic rings. The maximum Gasteiger partial charge on any atom is 0.259 e. The molecule has 6 nitrogen and oxygen atoms in total. The minimum Gasteiger partial charge on any atom is -0.378 e. The van der Waals surface area contributed by atoms with E-state index in [1.165, 1.54) is 28.6 Å². The highest BCUT2D eigenvalue weighted by molar-refractivity contribution is 7.99. The zero-order valence-electron chi connectivity index (χ0n) is 14.0. The minimum absolute atomic E-state index is 0.0282. The lowest BCUT2D eigenvalue weighted by molar-refractivity contribution is -0.132. The van der Waals surface area contributed by atoms with Crippen LogP contribution in [0.1, 0.15) is 29.1 Å². The molecular weight excluding hydrogens is 358 g/mol. The van der Waals surface area contributed by atoms with E-state index in [1.807, 2.05) is 4.90 Å². The fourth-order valence-electron chi connectivity index (χ4n) is 3.42. The Morgan fingerprint density at radius 3 is 2.92 bits per heavy atom. The molecule has 25 heavy (non-hydrogen) atoms. The Bertz CT molecular complexity index is 840. The van der Waals surface area contributed by atoms with Gasteiger partial charge in [0.2, 0.25) is 5.91 Å². The van der Waals surface area contributed by atoms with Gasteiger partial charge in [0.1, 0.15) is 10.7 Å². The number of aromatic nitrogens is 2. The highest BCUT2D eigenvalue weighted by Crippen LogP contribution is 2.33. The number of H-pyrrole nitrogens is 1. The van der Waals surface area contributed by atoms with Crippen LogP contribution in [-0.2, 0) is 28.1 Å². The molecule has 1 saturated heterocycles. The molecule has 0 saturated carbocycles.